The minimum absolute atomic E-state index is 0.0917. The topological polar surface area (TPSA) is 105 Å². The van der Waals surface area contributed by atoms with Crippen molar-refractivity contribution in [3.05, 3.63) is 71.3 Å². The molecule has 0 spiro atoms. The molecule has 8 heteroatoms. The monoisotopic (exact) mass is 384 g/mol. The van der Waals surface area contributed by atoms with Crippen molar-refractivity contribution in [2.45, 2.75) is 18.7 Å². The van der Waals surface area contributed by atoms with Crippen LogP contribution in [0.3, 0.4) is 0 Å². The molecular formula is C20H20N2O6. The van der Waals surface area contributed by atoms with Crippen LogP contribution in [0.25, 0.3) is 0 Å². The van der Waals surface area contributed by atoms with Crippen LogP contribution in [0.5, 0.6) is 0 Å². The molecule has 0 radical (unpaired) electrons. The zero-order chi connectivity index (χ0) is 20.1. The summed E-state index contributed by atoms with van der Waals surface area (Å²) in [6.07, 6.45) is -1.96. The molecule has 2 amide bonds. The number of alkyl carbamates (subject to hydrolysis) is 1. The summed E-state index contributed by atoms with van der Waals surface area (Å²) in [6, 6.07) is 14.3. The number of carboxylic acid groups (broad SMARTS) is 1. The van der Waals surface area contributed by atoms with Crippen LogP contribution in [0.15, 0.2) is 54.6 Å². The average Bonchev–Trinajstić information content (AvgIpc) is 2.72. The van der Waals surface area contributed by atoms with Gasteiger partial charge in [0.2, 0.25) is 0 Å². The van der Waals surface area contributed by atoms with E-state index < -0.39 is 30.2 Å². The van der Waals surface area contributed by atoms with E-state index in [0.29, 0.717) is 11.1 Å². The number of hydrogen-bond donors (Lipinski definition) is 2. The maximum Gasteiger partial charge on any atom is 0.408 e. The number of amides is 2. The van der Waals surface area contributed by atoms with Crippen molar-refractivity contribution in [3.63, 3.8) is 0 Å². The normalized spacial score (nSPS) is 18.0. The average molecular weight is 384 g/mol. The lowest BCUT2D eigenvalue weighted by Gasteiger charge is -2.38. The minimum atomic E-state index is -1.28. The van der Waals surface area contributed by atoms with Gasteiger partial charge in [-0.05, 0) is 16.7 Å². The van der Waals surface area contributed by atoms with Gasteiger partial charge in [-0.3, -0.25) is 4.90 Å². The lowest BCUT2D eigenvalue weighted by Crippen LogP contribution is -2.49. The highest BCUT2D eigenvalue weighted by Gasteiger charge is 2.41. The molecule has 0 aliphatic carbocycles. The Morgan fingerprint density at radius 2 is 1.71 bits per heavy atom. The van der Waals surface area contributed by atoms with Crippen LogP contribution in [0.1, 0.15) is 28.8 Å². The SMILES string of the molecule is COC(=O)[C@@H]1c2ccccc2[C@@H](NC(=O)OCc2ccccc2)CN1C(=O)O. The van der Waals surface area contributed by atoms with Gasteiger partial charge >= 0.3 is 18.2 Å². The minimum Gasteiger partial charge on any atom is -0.467 e. The van der Waals surface area contributed by atoms with Crippen molar-refractivity contribution in [3.8, 4) is 0 Å². The van der Waals surface area contributed by atoms with Crippen molar-refractivity contribution in [2.75, 3.05) is 13.7 Å². The predicted molar refractivity (Wildman–Crippen MR) is 98.4 cm³/mol. The number of carbonyl (C=O) groups excluding carboxylic acids is 2. The van der Waals surface area contributed by atoms with Crippen LogP contribution in [0, 0.1) is 0 Å². The van der Waals surface area contributed by atoms with Crippen molar-refractivity contribution >= 4 is 18.2 Å². The van der Waals surface area contributed by atoms with Crippen LogP contribution in [-0.4, -0.2) is 41.8 Å². The molecule has 2 aromatic rings. The molecule has 0 saturated carbocycles. The van der Waals surface area contributed by atoms with Gasteiger partial charge in [-0.2, -0.15) is 0 Å². The fraction of sp³-hybridized carbons (Fsp3) is 0.250. The van der Waals surface area contributed by atoms with Crippen LogP contribution in [-0.2, 0) is 20.9 Å². The van der Waals surface area contributed by atoms with E-state index in [-0.39, 0.29) is 13.2 Å². The maximum atomic E-state index is 12.3. The zero-order valence-electron chi connectivity index (χ0n) is 15.2. The summed E-state index contributed by atoms with van der Waals surface area (Å²) in [5, 5.41) is 12.2. The van der Waals surface area contributed by atoms with Crippen LogP contribution < -0.4 is 5.32 Å². The number of benzene rings is 2. The predicted octanol–water partition coefficient (Wildman–Crippen LogP) is 2.86. The summed E-state index contributed by atoms with van der Waals surface area (Å²) < 4.78 is 10.0. The molecule has 0 aromatic heterocycles. The van der Waals surface area contributed by atoms with Crippen molar-refractivity contribution < 1.29 is 29.0 Å². The first-order valence-corrected chi connectivity index (χ1v) is 8.64. The molecule has 1 aliphatic rings. The molecule has 28 heavy (non-hydrogen) atoms. The number of nitrogens with zero attached hydrogens (tertiary/aromatic N) is 1. The van der Waals surface area contributed by atoms with E-state index in [1.54, 1.807) is 24.3 Å². The highest BCUT2D eigenvalue weighted by molar-refractivity contribution is 5.83. The summed E-state index contributed by atoms with van der Waals surface area (Å²) in [6.45, 7) is -0.0129. The zero-order valence-corrected chi connectivity index (χ0v) is 15.2. The molecular weight excluding hydrogens is 364 g/mol. The molecule has 0 bridgehead atoms. The smallest absolute Gasteiger partial charge is 0.408 e. The summed E-state index contributed by atoms with van der Waals surface area (Å²) in [5.74, 6) is -0.681. The van der Waals surface area contributed by atoms with Gasteiger partial charge in [0.1, 0.15) is 6.61 Å². The number of ether oxygens (including phenoxy) is 2. The van der Waals surface area contributed by atoms with Crippen molar-refractivity contribution in [1.82, 2.24) is 10.2 Å². The Balaban J connectivity index is 1.79. The van der Waals surface area contributed by atoms with Gasteiger partial charge in [-0.15, -0.1) is 0 Å². The van der Waals surface area contributed by atoms with E-state index in [2.05, 4.69) is 5.32 Å². The molecule has 3 rings (SSSR count). The number of nitrogens with one attached hydrogen (secondary N) is 1. The van der Waals surface area contributed by atoms with Crippen LogP contribution >= 0.6 is 0 Å². The molecule has 2 aromatic carbocycles. The Hall–Kier alpha value is -3.55. The number of hydrogen-bond acceptors (Lipinski definition) is 5. The van der Waals surface area contributed by atoms with Gasteiger partial charge < -0.3 is 19.9 Å². The first kappa shape index (κ1) is 19.2. The second-order valence-electron chi connectivity index (χ2n) is 6.25. The van der Waals surface area contributed by atoms with E-state index in [0.717, 1.165) is 10.5 Å². The van der Waals surface area contributed by atoms with E-state index in [9.17, 15) is 19.5 Å². The second kappa shape index (κ2) is 8.43. The van der Waals surface area contributed by atoms with Crippen molar-refractivity contribution in [1.29, 1.82) is 0 Å². The van der Waals surface area contributed by atoms with E-state index >= 15 is 0 Å². The third-order valence-corrected chi connectivity index (χ3v) is 4.53. The largest absolute Gasteiger partial charge is 0.467 e. The number of rotatable bonds is 4. The Labute approximate surface area is 161 Å². The third-order valence-electron chi connectivity index (χ3n) is 4.53. The summed E-state index contributed by atoms with van der Waals surface area (Å²) in [7, 11) is 1.20. The van der Waals surface area contributed by atoms with Gasteiger partial charge in [0.15, 0.2) is 6.04 Å². The highest BCUT2D eigenvalue weighted by atomic mass is 16.5. The first-order chi connectivity index (χ1) is 13.5. The van der Waals surface area contributed by atoms with Gasteiger partial charge in [-0.1, -0.05) is 54.6 Å². The van der Waals surface area contributed by atoms with Crippen LogP contribution in [0.4, 0.5) is 9.59 Å². The lowest BCUT2D eigenvalue weighted by molar-refractivity contribution is -0.147. The Morgan fingerprint density at radius 1 is 1.07 bits per heavy atom. The van der Waals surface area contributed by atoms with E-state index in [4.69, 9.17) is 9.47 Å². The van der Waals surface area contributed by atoms with Crippen molar-refractivity contribution in [2.24, 2.45) is 0 Å². The first-order valence-electron chi connectivity index (χ1n) is 8.64. The molecule has 2 atom stereocenters. The van der Waals surface area contributed by atoms with Gasteiger partial charge in [0.05, 0.1) is 13.2 Å². The molecule has 1 aliphatic heterocycles. The summed E-state index contributed by atoms with van der Waals surface area (Å²) >= 11 is 0. The van der Waals surface area contributed by atoms with Gasteiger partial charge in [-0.25, -0.2) is 14.4 Å². The van der Waals surface area contributed by atoms with Gasteiger partial charge in [0, 0.05) is 6.54 Å². The number of carbonyl (C=O) groups is 3. The second-order valence-corrected chi connectivity index (χ2v) is 6.25. The van der Waals surface area contributed by atoms with Gasteiger partial charge in [0.25, 0.3) is 0 Å². The molecule has 146 valence electrons. The molecule has 1 heterocycles. The molecule has 0 fully saturated rings. The third kappa shape index (κ3) is 4.06. The summed E-state index contributed by atoms with van der Waals surface area (Å²) in [5.41, 5.74) is 1.95. The summed E-state index contributed by atoms with van der Waals surface area (Å²) in [4.78, 5) is 37.1. The molecule has 0 unspecified atom stereocenters. The number of fused-ring (bicyclic) bond motifs is 1. The quantitative estimate of drug-likeness (QED) is 0.786. The lowest BCUT2D eigenvalue weighted by atomic mass is 9.89. The fourth-order valence-corrected chi connectivity index (χ4v) is 3.23. The number of esters is 1. The van der Waals surface area contributed by atoms with E-state index in [1.807, 2.05) is 30.3 Å². The Kier molecular flexibility index (Phi) is 5.78. The van der Waals surface area contributed by atoms with Crippen LogP contribution in [0.2, 0.25) is 0 Å². The number of methoxy groups -OCH3 is 1. The fourth-order valence-electron chi connectivity index (χ4n) is 3.23. The Bertz CT molecular complexity index is 870. The van der Waals surface area contributed by atoms with E-state index in [1.165, 1.54) is 7.11 Å². The molecule has 2 N–H and O–H groups in total. The standard InChI is InChI=1S/C20H20N2O6/c1-27-18(23)17-15-10-6-5-9-14(15)16(11-22(17)20(25)26)21-19(24)28-12-13-7-3-2-4-8-13/h2-10,16-17H,11-12H2,1H3,(H,21,24)(H,25,26)/t16-,17-/m0/s1. The maximum absolute atomic E-state index is 12.3. The molecule has 0 saturated heterocycles. The highest BCUT2D eigenvalue weighted by Crippen LogP contribution is 2.35. The Morgan fingerprint density at radius 3 is 2.36 bits per heavy atom. The molecule has 8 nitrogen and oxygen atoms in total.